The molecule has 0 radical (unpaired) electrons. The Hall–Kier alpha value is -3.92. The number of phenolic OH excluding ortho intramolecular Hbond substituents is 1. The third kappa shape index (κ3) is 6.30. The first-order valence-corrected chi connectivity index (χ1v) is 10.3. The number of hydrogen-bond donors (Lipinski definition) is 4. The minimum atomic E-state index is -0.698. The maximum absolute atomic E-state index is 12.7. The molecule has 0 aromatic heterocycles. The van der Waals surface area contributed by atoms with Crippen LogP contribution in [0.25, 0.3) is 0 Å². The van der Waals surface area contributed by atoms with E-state index >= 15 is 0 Å². The van der Waals surface area contributed by atoms with E-state index in [1.165, 1.54) is 24.7 Å². The Kier molecular flexibility index (Phi) is 7.98. The average molecular weight is 458 g/mol. The average Bonchev–Trinajstić information content (AvgIpc) is 3.27. The van der Waals surface area contributed by atoms with E-state index in [1.807, 2.05) is 6.92 Å². The number of fused-ring (bicyclic) bond motifs is 1. The molecular formula is C23H26N2O8. The number of nitrogens with one attached hydrogen (secondary N) is 2. The van der Waals surface area contributed by atoms with E-state index in [4.69, 9.17) is 24.2 Å². The second-order valence-electron chi connectivity index (χ2n) is 7.38. The molecule has 4 N–H and O–H groups in total. The summed E-state index contributed by atoms with van der Waals surface area (Å²) in [4.78, 5) is 23.8. The van der Waals surface area contributed by atoms with Crippen LogP contribution in [-0.4, -0.2) is 36.2 Å². The zero-order valence-corrected chi connectivity index (χ0v) is 18.2. The molecule has 0 saturated heterocycles. The lowest BCUT2D eigenvalue weighted by Crippen LogP contribution is -2.22. The van der Waals surface area contributed by atoms with Crippen LogP contribution in [0.15, 0.2) is 48.6 Å². The molecule has 2 amide bonds. The highest BCUT2D eigenvalue weighted by Crippen LogP contribution is 2.36. The van der Waals surface area contributed by atoms with Gasteiger partial charge >= 0.3 is 6.09 Å². The summed E-state index contributed by atoms with van der Waals surface area (Å²) in [5.74, 6) is 0.536. The smallest absolute Gasteiger partial charge is 0.412 e. The fourth-order valence-electron chi connectivity index (χ4n) is 3.37. The van der Waals surface area contributed by atoms with E-state index in [1.54, 1.807) is 36.4 Å². The first-order chi connectivity index (χ1) is 15.9. The largest absolute Gasteiger partial charge is 0.504 e. The van der Waals surface area contributed by atoms with E-state index in [0.29, 0.717) is 41.3 Å². The van der Waals surface area contributed by atoms with Gasteiger partial charge in [-0.2, -0.15) is 0 Å². The van der Waals surface area contributed by atoms with Crippen LogP contribution in [0.1, 0.15) is 31.4 Å². The molecule has 0 fully saturated rings. The SMILES string of the molecule is COc1ccc([C@@H](OC(=O)Nc2ccc3c(c2)OCO3)[C@@H](C)CC/C=C/C(=O)NO)cc1O. The quantitative estimate of drug-likeness (QED) is 0.252. The Labute approximate surface area is 190 Å². The van der Waals surface area contributed by atoms with Crippen LogP contribution in [0.3, 0.4) is 0 Å². The van der Waals surface area contributed by atoms with Gasteiger partial charge in [0, 0.05) is 17.8 Å². The first-order valence-electron chi connectivity index (χ1n) is 10.3. The van der Waals surface area contributed by atoms with Gasteiger partial charge in [0.2, 0.25) is 6.79 Å². The summed E-state index contributed by atoms with van der Waals surface area (Å²) < 4.78 is 21.4. The molecule has 10 nitrogen and oxygen atoms in total. The molecule has 0 bridgehead atoms. The summed E-state index contributed by atoms with van der Waals surface area (Å²) in [6.45, 7) is 2.01. The van der Waals surface area contributed by atoms with Crippen LogP contribution in [-0.2, 0) is 9.53 Å². The van der Waals surface area contributed by atoms with Crippen molar-refractivity contribution >= 4 is 17.7 Å². The van der Waals surface area contributed by atoms with Gasteiger partial charge in [-0.05, 0) is 48.6 Å². The zero-order chi connectivity index (χ0) is 23.8. The second kappa shape index (κ2) is 11.1. The van der Waals surface area contributed by atoms with Crippen molar-refractivity contribution in [1.82, 2.24) is 5.48 Å². The highest BCUT2D eigenvalue weighted by Gasteiger charge is 2.25. The predicted octanol–water partition coefficient (Wildman–Crippen LogP) is 3.90. The number of anilines is 1. The van der Waals surface area contributed by atoms with Crippen molar-refractivity contribution in [3.63, 3.8) is 0 Å². The summed E-state index contributed by atoms with van der Waals surface area (Å²) >= 11 is 0. The molecule has 1 aliphatic rings. The van der Waals surface area contributed by atoms with E-state index in [2.05, 4.69) is 5.32 Å². The van der Waals surface area contributed by atoms with Gasteiger partial charge < -0.3 is 24.1 Å². The summed E-state index contributed by atoms with van der Waals surface area (Å²) in [7, 11) is 1.44. The van der Waals surface area contributed by atoms with Gasteiger partial charge in [-0.1, -0.05) is 19.1 Å². The Balaban J connectivity index is 1.72. The number of allylic oxidation sites excluding steroid dienone is 1. The molecule has 0 unspecified atom stereocenters. The minimum absolute atomic E-state index is 0.0773. The minimum Gasteiger partial charge on any atom is -0.504 e. The van der Waals surface area contributed by atoms with E-state index in [9.17, 15) is 14.7 Å². The molecule has 176 valence electrons. The molecule has 1 aliphatic heterocycles. The Morgan fingerprint density at radius 1 is 1.18 bits per heavy atom. The fraction of sp³-hybridized carbons (Fsp3) is 0.304. The van der Waals surface area contributed by atoms with E-state index in [0.717, 1.165) is 0 Å². The third-order valence-corrected chi connectivity index (χ3v) is 5.07. The number of phenols is 1. The van der Waals surface area contributed by atoms with Gasteiger partial charge in [0.1, 0.15) is 6.10 Å². The molecule has 2 aromatic carbocycles. The fourth-order valence-corrected chi connectivity index (χ4v) is 3.37. The summed E-state index contributed by atoms with van der Waals surface area (Å²) in [6.07, 6.45) is 2.50. The van der Waals surface area contributed by atoms with Crippen LogP contribution in [0.5, 0.6) is 23.0 Å². The molecule has 2 atom stereocenters. The van der Waals surface area contributed by atoms with Crippen LogP contribution >= 0.6 is 0 Å². The van der Waals surface area contributed by atoms with Gasteiger partial charge in [0.25, 0.3) is 5.91 Å². The Morgan fingerprint density at radius 2 is 1.97 bits per heavy atom. The van der Waals surface area contributed by atoms with Crippen molar-refractivity contribution in [3.8, 4) is 23.0 Å². The predicted molar refractivity (Wildman–Crippen MR) is 118 cm³/mol. The molecule has 10 heteroatoms. The number of ether oxygens (including phenoxy) is 4. The van der Waals surface area contributed by atoms with Crippen molar-refractivity contribution < 1.29 is 38.9 Å². The maximum atomic E-state index is 12.7. The second-order valence-corrected chi connectivity index (χ2v) is 7.38. The number of rotatable bonds is 9. The van der Waals surface area contributed by atoms with Crippen LogP contribution in [0.2, 0.25) is 0 Å². The molecule has 3 rings (SSSR count). The van der Waals surface area contributed by atoms with Crippen LogP contribution < -0.4 is 25.0 Å². The molecule has 33 heavy (non-hydrogen) atoms. The molecule has 0 aliphatic carbocycles. The van der Waals surface area contributed by atoms with Crippen molar-refractivity contribution in [2.45, 2.75) is 25.9 Å². The van der Waals surface area contributed by atoms with Gasteiger partial charge in [0.15, 0.2) is 23.0 Å². The highest BCUT2D eigenvalue weighted by atomic mass is 16.7. The monoisotopic (exact) mass is 458 g/mol. The lowest BCUT2D eigenvalue weighted by atomic mass is 9.92. The first kappa shape index (κ1) is 23.7. The number of carbonyl (C=O) groups excluding carboxylic acids is 2. The zero-order valence-electron chi connectivity index (χ0n) is 18.2. The van der Waals surface area contributed by atoms with Gasteiger partial charge in [-0.15, -0.1) is 0 Å². The summed E-state index contributed by atoms with van der Waals surface area (Å²) in [5.41, 5.74) is 2.58. The summed E-state index contributed by atoms with van der Waals surface area (Å²) in [5, 5.41) is 21.4. The lowest BCUT2D eigenvalue weighted by Gasteiger charge is -2.25. The topological polar surface area (TPSA) is 136 Å². The number of carbonyl (C=O) groups is 2. The summed E-state index contributed by atoms with van der Waals surface area (Å²) in [6, 6.07) is 9.79. The van der Waals surface area contributed by atoms with E-state index < -0.39 is 18.1 Å². The van der Waals surface area contributed by atoms with Gasteiger partial charge in [-0.3, -0.25) is 15.3 Å². The number of hydrogen-bond acceptors (Lipinski definition) is 8. The standard InChI is InChI=1S/C23H26N2O8/c1-14(5-3-4-6-21(27)25-29)22(15-7-9-18(30-2)17(26)11-15)33-23(28)24-16-8-10-19-20(12-16)32-13-31-19/h4,6-12,14,22,26,29H,3,5,13H2,1-2H3,(H,24,28)(H,25,27)/b6-4+/t14-,22-/m0/s1. The van der Waals surface area contributed by atoms with E-state index in [-0.39, 0.29) is 18.5 Å². The number of benzene rings is 2. The van der Waals surface area contributed by atoms with Crippen molar-refractivity contribution in [2.75, 3.05) is 19.2 Å². The van der Waals surface area contributed by atoms with Crippen molar-refractivity contribution in [1.29, 1.82) is 0 Å². The van der Waals surface area contributed by atoms with Gasteiger partial charge in [0.05, 0.1) is 7.11 Å². The normalized spacial score (nSPS) is 13.9. The molecule has 0 spiro atoms. The number of amides is 2. The molecule has 0 saturated carbocycles. The molecular weight excluding hydrogens is 432 g/mol. The Bertz CT molecular complexity index is 1020. The van der Waals surface area contributed by atoms with Crippen LogP contribution in [0.4, 0.5) is 10.5 Å². The number of methoxy groups -OCH3 is 1. The van der Waals surface area contributed by atoms with Crippen LogP contribution in [0, 0.1) is 5.92 Å². The van der Waals surface area contributed by atoms with Gasteiger partial charge in [-0.25, -0.2) is 10.3 Å². The lowest BCUT2D eigenvalue weighted by molar-refractivity contribution is -0.124. The van der Waals surface area contributed by atoms with Crippen molar-refractivity contribution in [3.05, 3.63) is 54.1 Å². The number of hydroxylamine groups is 1. The third-order valence-electron chi connectivity index (χ3n) is 5.07. The van der Waals surface area contributed by atoms with Crippen molar-refractivity contribution in [2.24, 2.45) is 5.92 Å². The molecule has 2 aromatic rings. The highest BCUT2D eigenvalue weighted by molar-refractivity contribution is 5.86. The maximum Gasteiger partial charge on any atom is 0.412 e. The number of aromatic hydroxyl groups is 1. The Morgan fingerprint density at radius 3 is 2.70 bits per heavy atom. The molecule has 1 heterocycles.